The number of aryl methyl sites for hydroxylation is 1. The zero-order chi connectivity index (χ0) is 20.6. The van der Waals surface area contributed by atoms with Crippen LogP contribution < -0.4 is 9.47 Å². The zero-order valence-electron chi connectivity index (χ0n) is 17.7. The van der Waals surface area contributed by atoms with Crippen molar-refractivity contribution in [3.8, 4) is 11.5 Å². The highest BCUT2D eigenvalue weighted by Crippen LogP contribution is 2.42. The number of rotatable bonds is 6. The summed E-state index contributed by atoms with van der Waals surface area (Å²) in [5.41, 5.74) is 3.95. The van der Waals surface area contributed by atoms with Crippen LogP contribution in [0.2, 0.25) is 0 Å². The van der Waals surface area contributed by atoms with Gasteiger partial charge >= 0.3 is 0 Å². The van der Waals surface area contributed by atoms with Gasteiger partial charge in [-0.3, -0.25) is 4.79 Å². The van der Waals surface area contributed by atoms with E-state index >= 15 is 0 Å². The topological polar surface area (TPSA) is 38.8 Å². The van der Waals surface area contributed by atoms with Crippen LogP contribution in [0.1, 0.15) is 48.9 Å². The Morgan fingerprint density at radius 3 is 2.52 bits per heavy atom. The largest absolute Gasteiger partial charge is 0.492 e. The van der Waals surface area contributed by atoms with Crippen LogP contribution in [0.4, 0.5) is 0 Å². The molecule has 0 N–H and O–H groups in total. The van der Waals surface area contributed by atoms with E-state index in [0.29, 0.717) is 13.1 Å². The number of hydrogen-bond acceptors (Lipinski definition) is 3. The Balaban J connectivity index is 1.64. The Hall–Kier alpha value is -2.75. The Bertz CT molecular complexity index is 939. The number of nitrogens with zero attached hydrogens (tertiary/aromatic N) is 1. The van der Waals surface area contributed by atoms with Crippen LogP contribution in [0.15, 0.2) is 42.5 Å². The van der Waals surface area contributed by atoms with Crippen molar-refractivity contribution in [2.24, 2.45) is 5.92 Å². The lowest BCUT2D eigenvalue weighted by molar-refractivity contribution is -0.133. The van der Waals surface area contributed by atoms with Gasteiger partial charge < -0.3 is 14.4 Å². The fourth-order valence-corrected chi connectivity index (χ4v) is 3.71. The summed E-state index contributed by atoms with van der Waals surface area (Å²) in [6.45, 7) is 7.23. The molecule has 4 rings (SSSR count). The van der Waals surface area contributed by atoms with E-state index < -0.39 is 0 Å². The number of benzene rings is 2. The summed E-state index contributed by atoms with van der Waals surface area (Å²) in [7, 11) is 1.67. The van der Waals surface area contributed by atoms with Crippen LogP contribution in [0.5, 0.6) is 11.5 Å². The lowest BCUT2D eigenvalue weighted by atomic mass is 10.00. The highest BCUT2D eigenvalue weighted by Gasteiger charge is 2.34. The Morgan fingerprint density at radius 2 is 1.86 bits per heavy atom. The monoisotopic (exact) mass is 391 g/mol. The van der Waals surface area contributed by atoms with Gasteiger partial charge in [-0.1, -0.05) is 48.0 Å². The number of fused-ring (bicyclic) bond motifs is 1. The molecule has 0 bridgehead atoms. The van der Waals surface area contributed by atoms with Crippen molar-refractivity contribution < 1.29 is 14.3 Å². The standard InChI is InChI=1S/C25H29NO3/c1-17-5-7-18(8-6-17)15-26(24(27)20-10-11-20)16-21-12-9-19-13-14-25(2,3)29-23(19)22(21)28-4/h5-9,12-14,20H,10-11,15-16H2,1-4H3. The third-order valence-corrected chi connectivity index (χ3v) is 5.55. The minimum Gasteiger partial charge on any atom is -0.492 e. The molecule has 1 aliphatic heterocycles. The van der Waals surface area contributed by atoms with E-state index in [1.807, 2.05) is 30.9 Å². The van der Waals surface area contributed by atoms with Gasteiger partial charge in [0.05, 0.1) is 7.11 Å². The summed E-state index contributed by atoms with van der Waals surface area (Å²) < 4.78 is 12.0. The van der Waals surface area contributed by atoms with Crippen LogP contribution in [0, 0.1) is 12.8 Å². The SMILES string of the molecule is COc1c(CN(Cc2ccc(C)cc2)C(=O)C2CC2)ccc2c1OC(C)(C)C=C2. The van der Waals surface area contributed by atoms with E-state index in [1.165, 1.54) is 5.56 Å². The van der Waals surface area contributed by atoms with E-state index in [9.17, 15) is 4.79 Å². The fraction of sp³-hybridized carbons (Fsp3) is 0.400. The van der Waals surface area contributed by atoms with Gasteiger partial charge in [0, 0.05) is 30.1 Å². The number of amides is 1. The van der Waals surface area contributed by atoms with E-state index in [2.05, 4.69) is 43.3 Å². The van der Waals surface area contributed by atoms with E-state index in [4.69, 9.17) is 9.47 Å². The second-order valence-corrected chi connectivity index (χ2v) is 8.67. The summed E-state index contributed by atoms with van der Waals surface area (Å²) in [5, 5.41) is 0. The van der Waals surface area contributed by atoms with Crippen molar-refractivity contribution in [1.29, 1.82) is 0 Å². The lowest BCUT2D eigenvalue weighted by Gasteiger charge is -2.31. The molecule has 0 saturated heterocycles. The second-order valence-electron chi connectivity index (χ2n) is 8.67. The Kier molecular flexibility index (Phi) is 5.12. The molecule has 0 atom stereocenters. The molecule has 1 saturated carbocycles. The molecule has 2 aliphatic rings. The van der Waals surface area contributed by atoms with Gasteiger partial charge in [0.25, 0.3) is 0 Å². The quantitative estimate of drug-likeness (QED) is 0.685. The van der Waals surface area contributed by atoms with Crippen LogP contribution in [0.25, 0.3) is 6.08 Å². The second kappa shape index (κ2) is 7.58. The molecular formula is C25H29NO3. The summed E-state index contributed by atoms with van der Waals surface area (Å²) in [5.74, 6) is 1.87. The molecule has 2 aromatic carbocycles. The molecule has 0 aromatic heterocycles. The smallest absolute Gasteiger partial charge is 0.226 e. The maximum absolute atomic E-state index is 13.0. The molecule has 1 heterocycles. The number of carbonyl (C=O) groups excluding carboxylic acids is 1. The van der Waals surface area contributed by atoms with Crippen LogP contribution in [-0.4, -0.2) is 23.5 Å². The first-order chi connectivity index (χ1) is 13.9. The Labute approximate surface area is 173 Å². The molecule has 29 heavy (non-hydrogen) atoms. The summed E-state index contributed by atoms with van der Waals surface area (Å²) in [6, 6.07) is 12.5. The molecular weight excluding hydrogens is 362 g/mol. The average molecular weight is 392 g/mol. The number of carbonyl (C=O) groups is 1. The molecule has 152 valence electrons. The van der Waals surface area contributed by atoms with Gasteiger partial charge in [0.2, 0.25) is 5.91 Å². The first-order valence-corrected chi connectivity index (χ1v) is 10.3. The molecule has 1 amide bonds. The molecule has 0 spiro atoms. The maximum atomic E-state index is 13.0. The third-order valence-electron chi connectivity index (χ3n) is 5.55. The molecule has 4 heteroatoms. The van der Waals surface area contributed by atoms with Crippen molar-refractivity contribution in [2.45, 2.75) is 52.3 Å². The van der Waals surface area contributed by atoms with Gasteiger partial charge in [-0.05, 0) is 45.3 Å². The highest BCUT2D eigenvalue weighted by atomic mass is 16.5. The van der Waals surface area contributed by atoms with Crippen molar-refractivity contribution in [3.05, 3.63) is 64.7 Å². The third kappa shape index (κ3) is 4.31. The first-order valence-electron chi connectivity index (χ1n) is 10.3. The normalized spacial score (nSPS) is 16.7. The zero-order valence-corrected chi connectivity index (χ0v) is 17.7. The Morgan fingerprint density at radius 1 is 1.14 bits per heavy atom. The van der Waals surface area contributed by atoms with Crippen molar-refractivity contribution in [3.63, 3.8) is 0 Å². The van der Waals surface area contributed by atoms with Crippen molar-refractivity contribution in [2.75, 3.05) is 7.11 Å². The molecule has 0 unspecified atom stereocenters. The first kappa shape index (κ1) is 19.6. The minimum absolute atomic E-state index is 0.169. The number of methoxy groups -OCH3 is 1. The highest BCUT2D eigenvalue weighted by molar-refractivity contribution is 5.81. The van der Waals surface area contributed by atoms with Gasteiger partial charge in [-0.25, -0.2) is 0 Å². The van der Waals surface area contributed by atoms with Gasteiger partial charge in [-0.2, -0.15) is 0 Å². The summed E-state index contributed by atoms with van der Waals surface area (Å²) in [6.07, 6.45) is 6.11. The molecule has 1 aliphatic carbocycles. The van der Waals surface area contributed by atoms with Gasteiger partial charge in [-0.15, -0.1) is 0 Å². The van der Waals surface area contributed by atoms with E-state index in [0.717, 1.165) is 41.0 Å². The fourth-order valence-electron chi connectivity index (χ4n) is 3.71. The number of hydrogen-bond donors (Lipinski definition) is 0. The molecule has 4 nitrogen and oxygen atoms in total. The van der Waals surface area contributed by atoms with Crippen LogP contribution in [0.3, 0.4) is 0 Å². The summed E-state index contributed by atoms with van der Waals surface area (Å²) >= 11 is 0. The maximum Gasteiger partial charge on any atom is 0.226 e. The summed E-state index contributed by atoms with van der Waals surface area (Å²) in [4.78, 5) is 15.0. The van der Waals surface area contributed by atoms with Crippen molar-refractivity contribution in [1.82, 2.24) is 4.90 Å². The minimum atomic E-state index is -0.385. The predicted molar refractivity (Wildman–Crippen MR) is 115 cm³/mol. The average Bonchev–Trinajstić information content (AvgIpc) is 3.53. The lowest BCUT2D eigenvalue weighted by Crippen LogP contribution is -2.32. The van der Waals surface area contributed by atoms with Crippen LogP contribution in [-0.2, 0) is 17.9 Å². The molecule has 2 aromatic rings. The van der Waals surface area contributed by atoms with E-state index in [-0.39, 0.29) is 17.4 Å². The van der Waals surface area contributed by atoms with Crippen molar-refractivity contribution >= 4 is 12.0 Å². The van der Waals surface area contributed by atoms with Gasteiger partial charge in [0.15, 0.2) is 11.5 Å². The predicted octanol–water partition coefficient (Wildman–Crippen LogP) is 5.13. The van der Waals surface area contributed by atoms with E-state index in [1.54, 1.807) is 7.11 Å². The molecule has 0 radical (unpaired) electrons. The van der Waals surface area contributed by atoms with Gasteiger partial charge in [0.1, 0.15) is 5.60 Å². The molecule has 1 fully saturated rings. The van der Waals surface area contributed by atoms with Crippen LogP contribution >= 0.6 is 0 Å². The number of ether oxygens (including phenoxy) is 2.